The van der Waals surface area contributed by atoms with Crippen molar-refractivity contribution in [2.75, 3.05) is 75.2 Å². The van der Waals surface area contributed by atoms with Gasteiger partial charge in [0, 0.05) is 62.6 Å². The van der Waals surface area contributed by atoms with Crippen LogP contribution in [0.25, 0.3) is 10.4 Å². The molecule has 73 heavy (non-hydrogen) atoms. The zero-order valence-corrected chi connectivity index (χ0v) is 45.9. The number of likely N-dealkylation sites (tertiary alicyclic amines) is 1. The minimum atomic E-state index is -2.56. The van der Waals surface area contributed by atoms with Gasteiger partial charge in [-0.1, -0.05) is 88.0 Å². The second kappa shape index (κ2) is 24.6. The Morgan fingerprint density at radius 2 is 1.63 bits per heavy atom. The van der Waals surface area contributed by atoms with E-state index in [-0.39, 0.29) is 36.7 Å². The molecule has 2 aliphatic rings. The summed E-state index contributed by atoms with van der Waals surface area (Å²) in [7, 11) is -0.924. The van der Waals surface area contributed by atoms with Crippen molar-refractivity contribution in [3.05, 3.63) is 94.7 Å². The van der Waals surface area contributed by atoms with Crippen LogP contribution in [-0.4, -0.2) is 125 Å². The third-order valence-corrected chi connectivity index (χ3v) is 16.4. The molecule has 392 valence electrons. The van der Waals surface area contributed by atoms with Crippen molar-refractivity contribution >= 4 is 81.9 Å². The van der Waals surface area contributed by atoms with Crippen molar-refractivity contribution in [1.82, 2.24) is 35.4 Å². The van der Waals surface area contributed by atoms with Gasteiger partial charge in [0.25, 0.3) is 0 Å². The molecule has 4 heterocycles. The first-order chi connectivity index (χ1) is 34.8. The van der Waals surface area contributed by atoms with Gasteiger partial charge in [-0.2, -0.15) is 4.98 Å². The number of β-amino-alcohol motifs (C(OH)–C–C–N with tert-alkyl or cyclic N) is 1. The highest BCUT2D eigenvalue weighted by molar-refractivity contribution is 7.70. The quantitative estimate of drug-likeness (QED) is 0.0345. The van der Waals surface area contributed by atoms with E-state index in [0.717, 1.165) is 85.8 Å². The van der Waals surface area contributed by atoms with Crippen molar-refractivity contribution in [3.8, 4) is 16.2 Å². The molecule has 2 fully saturated rings. The number of benzene rings is 3. The minimum Gasteiger partial charge on any atom is -0.494 e. The van der Waals surface area contributed by atoms with Crippen LogP contribution in [0, 0.1) is 12.3 Å². The summed E-state index contributed by atoms with van der Waals surface area (Å²) in [4.78, 5) is 61.9. The number of piperazine rings is 1. The lowest BCUT2D eigenvalue weighted by molar-refractivity contribution is -0.144. The summed E-state index contributed by atoms with van der Waals surface area (Å²) in [5, 5.41) is 24.3. The molecule has 3 amide bonds. The zero-order chi connectivity index (χ0) is 52.5. The number of hydrogen-bond acceptors (Lipinski definition) is 14. The van der Waals surface area contributed by atoms with E-state index in [9.17, 15) is 24.1 Å². The molecule has 2 aromatic heterocycles. The molecule has 16 nitrogen and oxygen atoms in total. The number of methoxy groups -OCH3 is 1. The number of unbranched alkanes of at least 4 members (excludes halogenated alkanes) is 4. The summed E-state index contributed by atoms with van der Waals surface area (Å²) in [6.07, 6.45) is 5.89. The Kier molecular flexibility index (Phi) is 18.6. The van der Waals surface area contributed by atoms with Crippen LogP contribution in [0.2, 0.25) is 5.02 Å². The van der Waals surface area contributed by atoms with Crippen LogP contribution in [0.3, 0.4) is 0 Å². The maximum Gasteiger partial charge on any atom is 0.246 e. The SMILES string of the molecule is COc1cc(N2CCN(CCCCCCCC(=O)N[C@H](C(=O)N3C[C@@H](O)C[C@H]3C(=O)N[C@@H](C)c3ccc(-c4scnc4C)cc3)C(C)(C)C)CC2)ccc1Nc1ncc(Cl)c(Nc2ccccc2P(C)(C)=O)n1. The fourth-order valence-electron chi connectivity index (χ4n) is 9.42. The molecule has 0 bridgehead atoms. The van der Waals surface area contributed by atoms with Crippen molar-refractivity contribution in [1.29, 1.82) is 0 Å². The molecule has 5 aromatic rings. The van der Waals surface area contributed by atoms with E-state index in [1.54, 1.807) is 31.8 Å². The van der Waals surface area contributed by atoms with Crippen molar-refractivity contribution in [2.24, 2.45) is 5.41 Å². The number of amides is 3. The largest absolute Gasteiger partial charge is 0.494 e. The highest BCUT2D eigenvalue weighted by Crippen LogP contribution is 2.39. The lowest BCUT2D eigenvalue weighted by Gasteiger charge is -2.36. The van der Waals surface area contributed by atoms with E-state index in [1.165, 1.54) is 11.1 Å². The lowest BCUT2D eigenvalue weighted by atomic mass is 9.85. The number of rotatable bonds is 21. The number of aryl methyl sites for hydroxylation is 1. The Bertz CT molecular complexity index is 2740. The number of halogens is 1. The summed E-state index contributed by atoms with van der Waals surface area (Å²) in [5.74, 6) is 0.490. The molecule has 0 spiro atoms. The molecular formula is C54H72ClN10O6PS. The zero-order valence-electron chi connectivity index (χ0n) is 43.4. The molecule has 19 heteroatoms. The van der Waals surface area contributed by atoms with Crippen LogP contribution in [0.5, 0.6) is 5.75 Å². The molecule has 0 saturated carbocycles. The molecule has 0 aliphatic carbocycles. The van der Waals surface area contributed by atoms with Gasteiger partial charge >= 0.3 is 0 Å². The third kappa shape index (κ3) is 14.6. The Balaban J connectivity index is 0.810. The molecule has 2 saturated heterocycles. The smallest absolute Gasteiger partial charge is 0.246 e. The maximum absolute atomic E-state index is 14.2. The van der Waals surface area contributed by atoms with E-state index >= 15 is 0 Å². The number of aliphatic hydroxyl groups is 1. The number of hydrogen-bond donors (Lipinski definition) is 5. The van der Waals surface area contributed by atoms with Crippen LogP contribution in [0.4, 0.5) is 28.8 Å². The molecule has 3 aromatic carbocycles. The topological polar surface area (TPSA) is 194 Å². The van der Waals surface area contributed by atoms with Gasteiger partial charge in [0.2, 0.25) is 23.7 Å². The Labute approximate surface area is 439 Å². The number of nitrogens with zero attached hydrogens (tertiary/aromatic N) is 6. The summed E-state index contributed by atoms with van der Waals surface area (Å²) in [6, 6.07) is 19.4. The Morgan fingerprint density at radius 3 is 2.32 bits per heavy atom. The first-order valence-corrected chi connectivity index (χ1v) is 29.1. The summed E-state index contributed by atoms with van der Waals surface area (Å²) >= 11 is 8.07. The number of ether oxygens (including phenoxy) is 1. The van der Waals surface area contributed by atoms with Crippen molar-refractivity contribution < 1.29 is 28.8 Å². The molecular weight excluding hydrogens is 983 g/mol. The Morgan fingerprint density at radius 1 is 0.918 bits per heavy atom. The maximum atomic E-state index is 14.2. The van der Waals surface area contributed by atoms with Crippen molar-refractivity contribution in [3.63, 3.8) is 0 Å². The Hall–Kier alpha value is -5.58. The number of carbonyl (C=O) groups is 3. The summed E-state index contributed by atoms with van der Waals surface area (Å²) < 4.78 is 18.7. The van der Waals surface area contributed by atoms with Crippen LogP contribution >= 0.6 is 30.1 Å². The first-order valence-electron chi connectivity index (χ1n) is 25.2. The number of aromatic nitrogens is 3. The minimum absolute atomic E-state index is 0.0278. The average Bonchev–Trinajstić information content (AvgIpc) is 3.98. The predicted octanol–water partition coefficient (Wildman–Crippen LogP) is 9.14. The van der Waals surface area contributed by atoms with E-state index in [0.29, 0.717) is 52.1 Å². The van der Waals surface area contributed by atoms with Crippen molar-refractivity contribution in [2.45, 2.75) is 104 Å². The van der Waals surface area contributed by atoms with Gasteiger partial charge in [0.1, 0.15) is 30.0 Å². The lowest BCUT2D eigenvalue weighted by Crippen LogP contribution is -2.57. The van der Waals surface area contributed by atoms with Gasteiger partial charge in [-0.25, -0.2) is 9.97 Å². The monoisotopic (exact) mass is 1050 g/mol. The molecule has 4 atom stereocenters. The van der Waals surface area contributed by atoms with Crippen LogP contribution in [0.1, 0.15) is 89.9 Å². The number of aliphatic hydroxyl groups excluding tert-OH is 1. The second-order valence-electron chi connectivity index (χ2n) is 20.6. The third-order valence-electron chi connectivity index (χ3n) is 13.6. The number of thiazole rings is 1. The first kappa shape index (κ1) is 55.2. The second-order valence-corrected chi connectivity index (χ2v) is 25.1. The number of anilines is 5. The van der Waals surface area contributed by atoms with Gasteiger partial charge in [0.05, 0.1) is 52.9 Å². The summed E-state index contributed by atoms with van der Waals surface area (Å²) in [6.45, 7) is 17.8. The van der Waals surface area contributed by atoms with Gasteiger partial charge in [-0.3, -0.25) is 19.3 Å². The molecule has 0 unspecified atom stereocenters. The summed E-state index contributed by atoms with van der Waals surface area (Å²) in [5.41, 5.74) is 6.61. The molecule has 2 aliphatic heterocycles. The number of carbonyl (C=O) groups excluding carboxylic acids is 3. The number of para-hydroxylation sites is 1. The van der Waals surface area contributed by atoms with E-state index in [1.807, 2.05) is 101 Å². The highest BCUT2D eigenvalue weighted by Gasteiger charge is 2.44. The van der Waals surface area contributed by atoms with Gasteiger partial charge in [-0.15, -0.1) is 11.3 Å². The average molecular weight is 1060 g/mol. The number of nitrogens with one attached hydrogen (secondary N) is 4. The fraction of sp³-hybridized carbons (Fsp3) is 0.481. The van der Waals surface area contributed by atoms with Crippen LogP contribution < -0.4 is 36.2 Å². The van der Waals surface area contributed by atoms with Gasteiger partial charge in [0.15, 0.2) is 5.82 Å². The predicted molar refractivity (Wildman–Crippen MR) is 295 cm³/mol. The van der Waals surface area contributed by atoms with Crippen LogP contribution in [-0.2, 0) is 18.9 Å². The normalized spacial score (nSPS) is 17.2. The highest BCUT2D eigenvalue weighted by atomic mass is 35.5. The standard InChI is InChI=1S/C54H72ClN10O6PS/c1-35(37-19-21-38(22-20-37)48-36(2)57-34-73-48)58-51(68)44-31-40(66)33-65(44)52(69)49(54(3,4)5)61-47(67)18-12-10-9-11-15-25-63-26-28-64(29-27-63)39-23-24-42(45(30-39)71-6)60-53-56-32-41(55)50(62-53)59-43-16-13-14-17-46(43)72(7,8)70/h13-14,16-17,19-24,30,32,34-35,40,44,49,66H,9-12,15,18,25-29,31,33H2,1-8H3,(H,58,68)(H,61,67)(H2,56,59,60,62)/t35-,40-,44-,49+/m0/s1. The van der Waals surface area contributed by atoms with Gasteiger partial charge < -0.3 is 45.5 Å². The van der Waals surface area contributed by atoms with E-state index in [2.05, 4.69) is 52.1 Å². The fourth-order valence-corrected chi connectivity index (χ4v) is 11.5. The molecule has 0 radical (unpaired) electrons. The van der Waals surface area contributed by atoms with E-state index in [4.69, 9.17) is 16.3 Å². The molecule has 5 N–H and O–H groups in total. The van der Waals surface area contributed by atoms with E-state index < -0.39 is 30.7 Å². The molecule has 7 rings (SSSR count). The van der Waals surface area contributed by atoms with Crippen LogP contribution in [0.15, 0.2) is 78.4 Å². The van der Waals surface area contributed by atoms with Gasteiger partial charge in [-0.05, 0) is 87.4 Å².